The first-order valence-electron chi connectivity index (χ1n) is 9.36. The minimum absolute atomic E-state index is 0.0628. The number of nitrogens with one attached hydrogen (secondary N) is 2. The molecular formula is C19H14ClF4N7O. The van der Waals surface area contributed by atoms with E-state index in [1.165, 1.54) is 6.20 Å². The van der Waals surface area contributed by atoms with Crippen LogP contribution in [-0.4, -0.2) is 50.6 Å². The molecule has 3 aromatic rings. The van der Waals surface area contributed by atoms with Crippen molar-refractivity contribution < 1.29 is 22.4 Å². The average molecular weight is 468 g/mol. The standard InChI is InChI=1S/C19H14ClF4N7O/c20-9-3-11-12(6-27-15(11)26-5-9)16-28-7-13(21)17(30-16)31-10(4-25)1-2-14(31)18(32)29-8-19(22,23)24/h3,5-7,10,14H,1-2,8H2,(H,26,27)(H,29,32)/t10-,14+/m0/s1. The maximum Gasteiger partial charge on any atom is 0.405 e. The highest BCUT2D eigenvalue weighted by atomic mass is 35.5. The van der Waals surface area contributed by atoms with Crippen molar-refractivity contribution in [1.29, 1.82) is 5.26 Å². The van der Waals surface area contributed by atoms with Gasteiger partial charge in [-0.15, -0.1) is 0 Å². The fourth-order valence-corrected chi connectivity index (χ4v) is 3.79. The van der Waals surface area contributed by atoms with Crippen molar-refractivity contribution in [2.75, 3.05) is 11.4 Å². The zero-order chi connectivity index (χ0) is 23.0. The van der Waals surface area contributed by atoms with Gasteiger partial charge in [0.2, 0.25) is 5.91 Å². The van der Waals surface area contributed by atoms with Crippen LogP contribution in [-0.2, 0) is 4.79 Å². The second kappa shape index (κ2) is 8.23. The summed E-state index contributed by atoms with van der Waals surface area (Å²) in [5.74, 6) is -2.17. The number of pyridine rings is 1. The Morgan fingerprint density at radius 2 is 2.12 bits per heavy atom. The molecule has 32 heavy (non-hydrogen) atoms. The number of aromatic nitrogens is 4. The van der Waals surface area contributed by atoms with Crippen LogP contribution in [0.25, 0.3) is 22.4 Å². The molecule has 0 radical (unpaired) electrons. The number of carbonyl (C=O) groups excluding carboxylic acids is 1. The topological polar surface area (TPSA) is 111 Å². The zero-order valence-corrected chi connectivity index (χ0v) is 16.9. The molecule has 0 unspecified atom stereocenters. The third kappa shape index (κ3) is 4.16. The second-order valence-electron chi connectivity index (χ2n) is 7.10. The lowest BCUT2D eigenvalue weighted by Gasteiger charge is -2.28. The summed E-state index contributed by atoms with van der Waals surface area (Å²) >= 11 is 6.00. The van der Waals surface area contributed by atoms with E-state index in [9.17, 15) is 27.6 Å². The van der Waals surface area contributed by atoms with Gasteiger partial charge in [0.15, 0.2) is 17.5 Å². The van der Waals surface area contributed by atoms with Crippen molar-refractivity contribution in [2.45, 2.75) is 31.1 Å². The molecule has 1 fully saturated rings. The van der Waals surface area contributed by atoms with Crippen molar-refractivity contribution in [1.82, 2.24) is 25.3 Å². The number of hydrogen-bond acceptors (Lipinski definition) is 6. The molecule has 2 atom stereocenters. The first kappa shape index (κ1) is 21.8. The summed E-state index contributed by atoms with van der Waals surface area (Å²) in [4.78, 5) is 28.8. The summed E-state index contributed by atoms with van der Waals surface area (Å²) < 4.78 is 52.3. The Balaban J connectivity index is 1.73. The molecule has 166 valence electrons. The minimum atomic E-state index is -4.61. The highest BCUT2D eigenvalue weighted by Crippen LogP contribution is 2.34. The van der Waals surface area contributed by atoms with Gasteiger partial charge in [-0.05, 0) is 18.9 Å². The molecule has 13 heteroatoms. The molecule has 0 saturated carbocycles. The molecule has 1 amide bonds. The van der Waals surface area contributed by atoms with E-state index in [1.54, 1.807) is 17.6 Å². The summed E-state index contributed by atoms with van der Waals surface area (Å²) in [5.41, 5.74) is 0.932. The van der Waals surface area contributed by atoms with Gasteiger partial charge >= 0.3 is 6.18 Å². The summed E-state index contributed by atoms with van der Waals surface area (Å²) in [6.45, 7) is -1.53. The quantitative estimate of drug-likeness (QED) is 0.569. The molecule has 8 nitrogen and oxygen atoms in total. The Hall–Kier alpha value is -3.46. The lowest BCUT2D eigenvalue weighted by Crippen LogP contribution is -2.48. The third-order valence-corrected chi connectivity index (χ3v) is 5.22. The minimum Gasteiger partial charge on any atom is -0.345 e. The highest BCUT2D eigenvalue weighted by Gasteiger charge is 2.41. The van der Waals surface area contributed by atoms with E-state index in [1.807, 2.05) is 6.07 Å². The van der Waals surface area contributed by atoms with E-state index in [0.717, 1.165) is 11.1 Å². The maximum absolute atomic E-state index is 14.7. The van der Waals surface area contributed by atoms with Crippen LogP contribution in [0.2, 0.25) is 5.02 Å². The van der Waals surface area contributed by atoms with Crippen LogP contribution in [0.4, 0.5) is 23.4 Å². The number of hydrogen-bond donors (Lipinski definition) is 2. The number of alkyl halides is 3. The van der Waals surface area contributed by atoms with Crippen molar-refractivity contribution in [2.24, 2.45) is 0 Å². The molecule has 1 aliphatic heterocycles. The van der Waals surface area contributed by atoms with Gasteiger partial charge in [0, 0.05) is 23.3 Å². The van der Waals surface area contributed by atoms with Crippen LogP contribution in [0, 0.1) is 17.1 Å². The number of rotatable bonds is 4. The van der Waals surface area contributed by atoms with Crippen molar-refractivity contribution in [3.05, 3.63) is 35.5 Å². The summed E-state index contributed by atoms with van der Waals surface area (Å²) in [6.07, 6.45) is -0.520. The van der Waals surface area contributed by atoms with Crippen LogP contribution >= 0.6 is 11.6 Å². The SMILES string of the molecule is N#C[C@@H]1CC[C@H](C(=O)NCC(F)(F)F)N1c1nc(-c2c[nH]c3ncc(Cl)cc23)ncc1F. The van der Waals surface area contributed by atoms with E-state index in [2.05, 4.69) is 19.9 Å². The molecule has 3 aromatic heterocycles. The number of aromatic amines is 1. The number of nitriles is 1. The van der Waals surface area contributed by atoms with E-state index in [4.69, 9.17) is 11.6 Å². The van der Waals surface area contributed by atoms with Crippen molar-refractivity contribution >= 4 is 34.4 Å². The lowest BCUT2D eigenvalue weighted by molar-refractivity contribution is -0.139. The van der Waals surface area contributed by atoms with Gasteiger partial charge in [-0.2, -0.15) is 18.4 Å². The first-order valence-corrected chi connectivity index (χ1v) is 9.73. The number of halogens is 5. The van der Waals surface area contributed by atoms with E-state index >= 15 is 0 Å². The molecule has 4 rings (SSSR count). The Bertz CT molecular complexity index is 1220. The van der Waals surface area contributed by atoms with Crippen LogP contribution in [0.3, 0.4) is 0 Å². The first-order chi connectivity index (χ1) is 15.2. The molecular weight excluding hydrogens is 454 g/mol. The Morgan fingerprint density at radius 3 is 2.84 bits per heavy atom. The van der Waals surface area contributed by atoms with Gasteiger partial charge < -0.3 is 15.2 Å². The number of amides is 1. The number of anilines is 1. The molecule has 1 saturated heterocycles. The highest BCUT2D eigenvalue weighted by molar-refractivity contribution is 6.31. The third-order valence-electron chi connectivity index (χ3n) is 5.01. The van der Waals surface area contributed by atoms with Gasteiger partial charge in [-0.3, -0.25) is 4.79 Å². The Labute approximate surface area is 183 Å². The zero-order valence-electron chi connectivity index (χ0n) is 16.1. The Morgan fingerprint density at radius 1 is 1.34 bits per heavy atom. The smallest absolute Gasteiger partial charge is 0.345 e. The van der Waals surface area contributed by atoms with Gasteiger partial charge in [0.25, 0.3) is 0 Å². The molecule has 4 heterocycles. The van der Waals surface area contributed by atoms with Gasteiger partial charge in [0.05, 0.1) is 17.3 Å². The summed E-state index contributed by atoms with van der Waals surface area (Å²) in [5, 5.41) is 12.2. The second-order valence-corrected chi connectivity index (χ2v) is 7.53. The largest absolute Gasteiger partial charge is 0.405 e. The number of H-pyrrole nitrogens is 1. The monoisotopic (exact) mass is 467 g/mol. The Kier molecular flexibility index (Phi) is 5.60. The van der Waals surface area contributed by atoms with Crippen molar-refractivity contribution in [3.63, 3.8) is 0 Å². The molecule has 0 bridgehead atoms. The lowest BCUT2D eigenvalue weighted by atomic mass is 10.2. The number of fused-ring (bicyclic) bond motifs is 1. The van der Waals surface area contributed by atoms with E-state index in [-0.39, 0.29) is 24.5 Å². The van der Waals surface area contributed by atoms with Crippen LogP contribution in [0.1, 0.15) is 12.8 Å². The summed E-state index contributed by atoms with van der Waals surface area (Å²) in [7, 11) is 0. The predicted octanol–water partition coefficient (Wildman–Crippen LogP) is 3.35. The fraction of sp³-hybridized carbons (Fsp3) is 0.316. The van der Waals surface area contributed by atoms with Gasteiger partial charge in [-0.1, -0.05) is 11.6 Å². The average Bonchev–Trinajstić information content (AvgIpc) is 3.35. The van der Waals surface area contributed by atoms with Gasteiger partial charge in [-0.25, -0.2) is 19.3 Å². The normalized spacial score (nSPS) is 18.7. The van der Waals surface area contributed by atoms with Crippen LogP contribution < -0.4 is 10.2 Å². The number of carbonyl (C=O) groups is 1. The molecule has 2 N–H and O–H groups in total. The van der Waals surface area contributed by atoms with E-state index in [0.29, 0.717) is 21.6 Å². The summed E-state index contributed by atoms with van der Waals surface area (Å²) in [6, 6.07) is 1.42. The van der Waals surface area contributed by atoms with E-state index < -0.39 is 36.5 Å². The molecule has 1 aliphatic rings. The maximum atomic E-state index is 14.7. The number of nitrogens with zero attached hydrogens (tertiary/aromatic N) is 5. The van der Waals surface area contributed by atoms with Crippen molar-refractivity contribution in [3.8, 4) is 17.5 Å². The fourth-order valence-electron chi connectivity index (χ4n) is 3.63. The predicted molar refractivity (Wildman–Crippen MR) is 106 cm³/mol. The van der Waals surface area contributed by atoms with Crippen LogP contribution in [0.5, 0.6) is 0 Å². The molecule has 0 spiro atoms. The van der Waals surface area contributed by atoms with Gasteiger partial charge in [0.1, 0.15) is 24.3 Å². The molecule has 0 aromatic carbocycles. The van der Waals surface area contributed by atoms with Crippen LogP contribution in [0.15, 0.2) is 24.7 Å². The molecule has 0 aliphatic carbocycles.